The number of carbonyl (C=O) groups excluding carboxylic acids is 1. The molecule has 1 amide bonds. The van der Waals surface area contributed by atoms with Crippen molar-refractivity contribution < 1.29 is 9.90 Å². The number of benzene rings is 1. The summed E-state index contributed by atoms with van der Waals surface area (Å²) in [6, 6.07) is 7.67. The molecule has 1 saturated heterocycles. The van der Waals surface area contributed by atoms with Gasteiger partial charge in [-0.25, -0.2) is 0 Å². The maximum absolute atomic E-state index is 12.4. The van der Waals surface area contributed by atoms with Crippen LogP contribution in [0.5, 0.6) is 0 Å². The van der Waals surface area contributed by atoms with Crippen molar-refractivity contribution in [3.05, 3.63) is 35.4 Å². The third-order valence-corrected chi connectivity index (χ3v) is 4.41. The van der Waals surface area contributed by atoms with Crippen LogP contribution in [-0.4, -0.2) is 30.2 Å². The Morgan fingerprint density at radius 2 is 2.26 bits per heavy atom. The van der Waals surface area contributed by atoms with Crippen molar-refractivity contribution in [3.8, 4) is 0 Å². The van der Waals surface area contributed by atoms with Gasteiger partial charge < -0.3 is 15.7 Å². The fourth-order valence-electron chi connectivity index (χ4n) is 3.07. The SMILES string of the molecule is CC1(C(=O)N[C@@H]2c3ccccc3C[C@@H]2O)CCNC1. The second-order valence-corrected chi connectivity index (χ2v) is 5.91. The number of hydrogen-bond donors (Lipinski definition) is 3. The van der Waals surface area contributed by atoms with Gasteiger partial charge in [0.1, 0.15) is 0 Å². The van der Waals surface area contributed by atoms with E-state index in [9.17, 15) is 9.90 Å². The first-order chi connectivity index (χ1) is 9.10. The second kappa shape index (κ2) is 4.62. The molecule has 0 aromatic heterocycles. The molecule has 1 heterocycles. The van der Waals surface area contributed by atoms with Crippen LogP contribution in [0.25, 0.3) is 0 Å². The van der Waals surface area contributed by atoms with E-state index in [1.54, 1.807) is 0 Å². The Morgan fingerprint density at radius 3 is 3.00 bits per heavy atom. The van der Waals surface area contributed by atoms with Crippen LogP contribution >= 0.6 is 0 Å². The molecule has 3 rings (SSSR count). The number of carbonyl (C=O) groups is 1. The molecule has 1 aliphatic heterocycles. The van der Waals surface area contributed by atoms with Crippen molar-refractivity contribution in [3.63, 3.8) is 0 Å². The lowest BCUT2D eigenvalue weighted by Crippen LogP contribution is -2.44. The molecule has 1 fully saturated rings. The monoisotopic (exact) mass is 260 g/mol. The van der Waals surface area contributed by atoms with E-state index in [1.165, 1.54) is 0 Å². The first-order valence-corrected chi connectivity index (χ1v) is 6.88. The number of aliphatic hydroxyl groups excluding tert-OH is 1. The van der Waals surface area contributed by atoms with Crippen molar-refractivity contribution >= 4 is 5.91 Å². The summed E-state index contributed by atoms with van der Waals surface area (Å²) in [4.78, 5) is 12.4. The standard InChI is InChI=1S/C15H20N2O2/c1-15(6-7-16-9-15)14(19)17-13-11-5-3-2-4-10(11)8-12(13)18/h2-5,12-13,16,18H,6-9H2,1H3,(H,17,19)/t12-,13+,15?/m0/s1. The number of hydrogen-bond acceptors (Lipinski definition) is 3. The van der Waals surface area contributed by atoms with Crippen molar-refractivity contribution in [2.45, 2.75) is 31.9 Å². The van der Waals surface area contributed by atoms with Gasteiger partial charge in [0.2, 0.25) is 5.91 Å². The predicted molar refractivity (Wildman–Crippen MR) is 72.6 cm³/mol. The Bertz CT molecular complexity index is 495. The van der Waals surface area contributed by atoms with Gasteiger partial charge in [-0.2, -0.15) is 0 Å². The fraction of sp³-hybridized carbons (Fsp3) is 0.533. The van der Waals surface area contributed by atoms with Crippen molar-refractivity contribution in [2.75, 3.05) is 13.1 Å². The molecule has 19 heavy (non-hydrogen) atoms. The molecule has 2 aliphatic rings. The first-order valence-electron chi connectivity index (χ1n) is 6.88. The van der Waals surface area contributed by atoms with Gasteiger partial charge in [0.25, 0.3) is 0 Å². The molecule has 4 nitrogen and oxygen atoms in total. The zero-order valence-corrected chi connectivity index (χ0v) is 11.1. The molecule has 1 aromatic carbocycles. The third kappa shape index (κ3) is 2.15. The summed E-state index contributed by atoms with van der Waals surface area (Å²) in [5.74, 6) is 0.0400. The van der Waals surface area contributed by atoms with E-state index in [0.29, 0.717) is 13.0 Å². The third-order valence-electron chi connectivity index (χ3n) is 4.41. The van der Waals surface area contributed by atoms with Gasteiger partial charge in [-0.1, -0.05) is 24.3 Å². The van der Waals surface area contributed by atoms with Gasteiger partial charge >= 0.3 is 0 Å². The molecule has 0 radical (unpaired) electrons. The average molecular weight is 260 g/mol. The number of nitrogens with one attached hydrogen (secondary N) is 2. The Morgan fingerprint density at radius 1 is 1.47 bits per heavy atom. The number of fused-ring (bicyclic) bond motifs is 1. The Kier molecular flexibility index (Phi) is 3.07. The number of aliphatic hydroxyl groups is 1. The maximum Gasteiger partial charge on any atom is 0.227 e. The molecular weight excluding hydrogens is 240 g/mol. The van der Waals surface area contributed by atoms with Gasteiger partial charge in [-0.05, 0) is 31.0 Å². The van der Waals surface area contributed by atoms with Gasteiger partial charge in [0, 0.05) is 13.0 Å². The smallest absolute Gasteiger partial charge is 0.227 e. The minimum Gasteiger partial charge on any atom is -0.390 e. The highest BCUT2D eigenvalue weighted by molar-refractivity contribution is 5.83. The maximum atomic E-state index is 12.4. The van der Waals surface area contributed by atoms with Gasteiger partial charge in [-0.3, -0.25) is 4.79 Å². The van der Waals surface area contributed by atoms with E-state index in [4.69, 9.17) is 0 Å². The molecule has 1 aromatic rings. The van der Waals surface area contributed by atoms with E-state index in [1.807, 2.05) is 31.2 Å². The Labute approximate surface area is 113 Å². The molecule has 1 unspecified atom stereocenters. The minimum atomic E-state index is -0.515. The summed E-state index contributed by atoms with van der Waals surface area (Å²) >= 11 is 0. The van der Waals surface area contributed by atoms with Gasteiger partial charge in [-0.15, -0.1) is 0 Å². The normalized spacial score (nSPS) is 33.2. The summed E-state index contributed by atoms with van der Waals surface area (Å²) in [5, 5.41) is 16.4. The molecule has 0 bridgehead atoms. The molecule has 1 aliphatic carbocycles. The topological polar surface area (TPSA) is 61.4 Å². The Balaban J connectivity index is 1.78. The van der Waals surface area contributed by atoms with Crippen LogP contribution in [0.2, 0.25) is 0 Å². The van der Waals surface area contributed by atoms with Crippen LogP contribution in [0.15, 0.2) is 24.3 Å². The van der Waals surface area contributed by atoms with Crippen molar-refractivity contribution in [2.24, 2.45) is 5.41 Å². The molecule has 0 spiro atoms. The van der Waals surface area contributed by atoms with Crippen LogP contribution in [-0.2, 0) is 11.2 Å². The fourth-order valence-corrected chi connectivity index (χ4v) is 3.07. The Hall–Kier alpha value is -1.39. The molecule has 3 atom stereocenters. The highest BCUT2D eigenvalue weighted by atomic mass is 16.3. The van der Waals surface area contributed by atoms with E-state index >= 15 is 0 Å². The van der Waals surface area contributed by atoms with Crippen LogP contribution in [0.4, 0.5) is 0 Å². The molecular formula is C15H20N2O2. The lowest BCUT2D eigenvalue weighted by atomic mass is 9.88. The van der Waals surface area contributed by atoms with Crippen molar-refractivity contribution in [1.82, 2.24) is 10.6 Å². The lowest BCUT2D eigenvalue weighted by Gasteiger charge is -2.26. The second-order valence-electron chi connectivity index (χ2n) is 5.91. The van der Waals surface area contributed by atoms with E-state index in [0.717, 1.165) is 24.1 Å². The van der Waals surface area contributed by atoms with Gasteiger partial charge in [0.05, 0.1) is 17.6 Å². The van der Waals surface area contributed by atoms with E-state index < -0.39 is 6.10 Å². The van der Waals surface area contributed by atoms with E-state index in [2.05, 4.69) is 10.6 Å². The summed E-state index contributed by atoms with van der Waals surface area (Å²) in [7, 11) is 0. The summed E-state index contributed by atoms with van der Waals surface area (Å²) in [5.41, 5.74) is 1.84. The van der Waals surface area contributed by atoms with Crippen LogP contribution in [0.1, 0.15) is 30.5 Å². The van der Waals surface area contributed by atoms with Gasteiger partial charge in [0.15, 0.2) is 0 Å². The highest BCUT2D eigenvalue weighted by Crippen LogP contribution is 2.33. The van der Waals surface area contributed by atoms with E-state index in [-0.39, 0.29) is 17.4 Å². The predicted octanol–water partition coefficient (Wildman–Crippen LogP) is 0.760. The van der Waals surface area contributed by atoms with Crippen LogP contribution in [0.3, 0.4) is 0 Å². The van der Waals surface area contributed by atoms with Crippen molar-refractivity contribution in [1.29, 1.82) is 0 Å². The molecule has 4 heteroatoms. The number of amides is 1. The highest BCUT2D eigenvalue weighted by Gasteiger charge is 2.40. The summed E-state index contributed by atoms with van der Waals surface area (Å²) in [6.45, 7) is 3.58. The zero-order chi connectivity index (χ0) is 13.5. The molecule has 3 N–H and O–H groups in total. The summed E-state index contributed by atoms with van der Waals surface area (Å²) in [6.07, 6.45) is 0.957. The lowest BCUT2D eigenvalue weighted by molar-refractivity contribution is -0.130. The molecule has 102 valence electrons. The summed E-state index contributed by atoms with van der Waals surface area (Å²) < 4.78 is 0. The minimum absolute atomic E-state index is 0.0400. The quantitative estimate of drug-likeness (QED) is 0.736. The number of rotatable bonds is 2. The first kappa shape index (κ1) is 12.6. The van der Waals surface area contributed by atoms with Crippen LogP contribution in [0, 0.1) is 5.41 Å². The average Bonchev–Trinajstić information content (AvgIpc) is 2.96. The molecule has 0 saturated carbocycles. The zero-order valence-electron chi connectivity index (χ0n) is 11.1. The van der Waals surface area contributed by atoms with Crippen LogP contribution < -0.4 is 10.6 Å². The largest absolute Gasteiger partial charge is 0.390 e.